The van der Waals surface area contributed by atoms with Crippen LogP contribution in [-0.2, 0) is 14.3 Å². The summed E-state index contributed by atoms with van der Waals surface area (Å²) < 4.78 is 11.4. The highest BCUT2D eigenvalue weighted by Gasteiger charge is 2.26. The molecule has 1 amide bonds. The number of rotatable bonds is 6. The number of hydrogen-bond donors (Lipinski definition) is 1. The number of esters is 1. The Balaban J connectivity index is 1.73. The minimum atomic E-state index is -0.819. The minimum absolute atomic E-state index is 0.173. The summed E-state index contributed by atoms with van der Waals surface area (Å²) in [6.45, 7) is 3.51. The highest BCUT2D eigenvalue weighted by molar-refractivity contribution is 9.10. The largest absolute Gasteiger partial charge is 0.482 e. The van der Waals surface area contributed by atoms with Gasteiger partial charge in [-0.25, -0.2) is 4.79 Å². The first-order valence-electron chi connectivity index (χ1n) is 8.34. The highest BCUT2D eigenvalue weighted by atomic mass is 79.9. The van der Waals surface area contributed by atoms with Crippen molar-refractivity contribution in [1.82, 2.24) is 5.32 Å². The SMILES string of the molecule is C[C@@H]1CCCC[C@@H]1NC(=O)[C@@H](C)OC(=O)COc1ccc(Br)cc1. The van der Waals surface area contributed by atoms with E-state index in [2.05, 4.69) is 28.2 Å². The molecule has 1 aromatic rings. The summed E-state index contributed by atoms with van der Waals surface area (Å²) >= 11 is 3.33. The van der Waals surface area contributed by atoms with Crippen molar-refractivity contribution < 1.29 is 19.1 Å². The standard InChI is InChI=1S/C18H24BrNO4/c1-12-5-3-4-6-16(12)20-18(22)13(2)24-17(21)11-23-15-9-7-14(19)8-10-15/h7-10,12-13,16H,3-6,11H2,1-2H3,(H,20,22)/t12-,13-,16+/m1/s1. The van der Waals surface area contributed by atoms with E-state index in [4.69, 9.17) is 9.47 Å². The molecule has 0 heterocycles. The average Bonchev–Trinajstić information content (AvgIpc) is 2.56. The molecule has 6 heteroatoms. The van der Waals surface area contributed by atoms with Crippen LogP contribution in [0.3, 0.4) is 0 Å². The van der Waals surface area contributed by atoms with E-state index < -0.39 is 12.1 Å². The van der Waals surface area contributed by atoms with Crippen LogP contribution in [0, 0.1) is 5.92 Å². The third kappa shape index (κ3) is 5.82. The van der Waals surface area contributed by atoms with Crippen molar-refractivity contribution >= 4 is 27.8 Å². The van der Waals surface area contributed by atoms with Crippen molar-refractivity contribution in [2.24, 2.45) is 5.92 Å². The maximum atomic E-state index is 12.2. The zero-order valence-corrected chi connectivity index (χ0v) is 15.7. The summed E-state index contributed by atoms with van der Waals surface area (Å²) in [7, 11) is 0. The lowest BCUT2D eigenvalue weighted by molar-refractivity contribution is -0.157. The smallest absolute Gasteiger partial charge is 0.344 e. The van der Waals surface area contributed by atoms with Gasteiger partial charge in [0, 0.05) is 10.5 Å². The molecular formula is C18H24BrNO4. The van der Waals surface area contributed by atoms with Crippen LogP contribution in [-0.4, -0.2) is 30.6 Å². The van der Waals surface area contributed by atoms with Crippen LogP contribution in [0.25, 0.3) is 0 Å². The minimum Gasteiger partial charge on any atom is -0.482 e. The Hall–Kier alpha value is -1.56. The number of carbonyl (C=O) groups is 2. The van der Waals surface area contributed by atoms with Gasteiger partial charge in [0.25, 0.3) is 5.91 Å². The molecule has 0 spiro atoms. The van der Waals surface area contributed by atoms with Crippen LogP contribution in [0.2, 0.25) is 0 Å². The molecule has 0 radical (unpaired) electrons. The van der Waals surface area contributed by atoms with E-state index in [-0.39, 0.29) is 18.6 Å². The second kappa shape index (κ2) is 9.06. The van der Waals surface area contributed by atoms with Crippen molar-refractivity contribution in [1.29, 1.82) is 0 Å². The van der Waals surface area contributed by atoms with Gasteiger partial charge in [-0.15, -0.1) is 0 Å². The Morgan fingerprint density at radius 3 is 2.58 bits per heavy atom. The molecule has 1 N–H and O–H groups in total. The summed E-state index contributed by atoms with van der Waals surface area (Å²) in [6.07, 6.45) is 3.64. The molecule has 0 aromatic heterocycles. The molecule has 1 aromatic carbocycles. The number of carbonyl (C=O) groups excluding carboxylic acids is 2. The molecule has 1 aliphatic rings. The van der Waals surface area contributed by atoms with E-state index in [1.807, 2.05) is 12.1 Å². The van der Waals surface area contributed by atoms with Gasteiger partial charge >= 0.3 is 5.97 Å². The lowest BCUT2D eigenvalue weighted by Gasteiger charge is -2.30. The van der Waals surface area contributed by atoms with Crippen LogP contribution in [0.4, 0.5) is 0 Å². The molecule has 1 fully saturated rings. The van der Waals surface area contributed by atoms with Gasteiger partial charge < -0.3 is 14.8 Å². The molecule has 0 bridgehead atoms. The summed E-state index contributed by atoms with van der Waals surface area (Å²) in [6, 6.07) is 7.31. The fraction of sp³-hybridized carbons (Fsp3) is 0.556. The maximum Gasteiger partial charge on any atom is 0.344 e. The molecule has 1 aliphatic carbocycles. The number of halogens is 1. The van der Waals surface area contributed by atoms with Gasteiger partial charge in [0.2, 0.25) is 0 Å². The van der Waals surface area contributed by atoms with Gasteiger partial charge in [-0.2, -0.15) is 0 Å². The highest BCUT2D eigenvalue weighted by Crippen LogP contribution is 2.23. The monoisotopic (exact) mass is 397 g/mol. The third-order valence-corrected chi connectivity index (χ3v) is 4.82. The van der Waals surface area contributed by atoms with Gasteiger partial charge in [0.1, 0.15) is 5.75 Å². The first kappa shape index (κ1) is 18.8. The van der Waals surface area contributed by atoms with E-state index in [1.54, 1.807) is 19.1 Å². The number of benzene rings is 1. The topological polar surface area (TPSA) is 64.6 Å². The van der Waals surface area contributed by atoms with Gasteiger partial charge in [-0.3, -0.25) is 4.79 Å². The van der Waals surface area contributed by atoms with Crippen LogP contribution < -0.4 is 10.1 Å². The summed E-state index contributed by atoms with van der Waals surface area (Å²) in [4.78, 5) is 24.0. The molecular weight excluding hydrogens is 374 g/mol. The van der Waals surface area contributed by atoms with Gasteiger partial charge in [-0.05, 0) is 49.9 Å². The molecule has 0 saturated heterocycles. The number of amides is 1. The fourth-order valence-electron chi connectivity index (χ4n) is 2.79. The summed E-state index contributed by atoms with van der Waals surface area (Å²) in [5, 5.41) is 2.99. The average molecular weight is 398 g/mol. The molecule has 5 nitrogen and oxygen atoms in total. The first-order valence-corrected chi connectivity index (χ1v) is 9.13. The Labute approximate surface area is 151 Å². The summed E-state index contributed by atoms with van der Waals surface area (Å²) in [5.41, 5.74) is 0. The second-order valence-corrected chi connectivity index (χ2v) is 7.17. The van der Waals surface area contributed by atoms with Gasteiger partial charge in [0.05, 0.1) is 0 Å². The molecule has 132 valence electrons. The van der Waals surface area contributed by atoms with E-state index in [1.165, 1.54) is 6.42 Å². The summed E-state index contributed by atoms with van der Waals surface area (Å²) in [5.74, 6) is 0.234. The zero-order valence-electron chi connectivity index (χ0n) is 14.1. The Morgan fingerprint density at radius 1 is 1.25 bits per heavy atom. The van der Waals surface area contributed by atoms with Crippen molar-refractivity contribution in [3.63, 3.8) is 0 Å². The van der Waals surface area contributed by atoms with Gasteiger partial charge in [-0.1, -0.05) is 35.7 Å². The maximum absolute atomic E-state index is 12.2. The Kier molecular flexibility index (Phi) is 7.09. The van der Waals surface area contributed by atoms with Crippen molar-refractivity contribution in [2.75, 3.05) is 6.61 Å². The first-order chi connectivity index (χ1) is 11.5. The lowest BCUT2D eigenvalue weighted by Crippen LogP contribution is -2.46. The van der Waals surface area contributed by atoms with Gasteiger partial charge in [0.15, 0.2) is 12.7 Å². The molecule has 0 aliphatic heterocycles. The van der Waals surface area contributed by atoms with Crippen molar-refractivity contribution in [3.8, 4) is 5.75 Å². The van der Waals surface area contributed by atoms with Crippen LogP contribution in [0.1, 0.15) is 39.5 Å². The van der Waals surface area contributed by atoms with Crippen LogP contribution >= 0.6 is 15.9 Å². The predicted octanol–water partition coefficient (Wildman–Crippen LogP) is 3.45. The van der Waals surface area contributed by atoms with E-state index >= 15 is 0 Å². The van der Waals surface area contributed by atoms with E-state index in [0.717, 1.165) is 23.7 Å². The number of nitrogens with one attached hydrogen (secondary N) is 1. The van der Waals surface area contributed by atoms with E-state index in [9.17, 15) is 9.59 Å². The molecule has 0 unspecified atom stereocenters. The van der Waals surface area contributed by atoms with Crippen molar-refractivity contribution in [2.45, 2.75) is 51.7 Å². The number of ether oxygens (including phenoxy) is 2. The number of hydrogen-bond acceptors (Lipinski definition) is 4. The molecule has 2 rings (SSSR count). The van der Waals surface area contributed by atoms with Crippen molar-refractivity contribution in [3.05, 3.63) is 28.7 Å². The predicted molar refractivity (Wildman–Crippen MR) is 94.8 cm³/mol. The molecule has 3 atom stereocenters. The third-order valence-electron chi connectivity index (χ3n) is 4.29. The van der Waals surface area contributed by atoms with E-state index in [0.29, 0.717) is 11.7 Å². The quantitative estimate of drug-likeness (QED) is 0.746. The Morgan fingerprint density at radius 2 is 1.92 bits per heavy atom. The van der Waals surface area contributed by atoms with Crippen LogP contribution in [0.5, 0.6) is 5.75 Å². The molecule has 24 heavy (non-hydrogen) atoms. The second-order valence-electron chi connectivity index (χ2n) is 6.25. The normalized spacial score (nSPS) is 21.6. The Bertz CT molecular complexity index is 561. The zero-order chi connectivity index (χ0) is 17.5. The molecule has 1 saturated carbocycles. The fourth-order valence-corrected chi connectivity index (χ4v) is 3.05. The lowest BCUT2D eigenvalue weighted by atomic mass is 9.86. The van der Waals surface area contributed by atoms with Crippen LogP contribution in [0.15, 0.2) is 28.7 Å².